The van der Waals surface area contributed by atoms with E-state index < -0.39 is 0 Å². The first kappa shape index (κ1) is 13.8. The number of para-hydroxylation sites is 1. The molecule has 0 aliphatic carbocycles. The van der Waals surface area contributed by atoms with Crippen LogP contribution in [0.25, 0.3) is 10.9 Å². The van der Waals surface area contributed by atoms with Gasteiger partial charge in [-0.2, -0.15) is 0 Å². The molecule has 1 saturated heterocycles. The number of aromatic nitrogens is 1. The SMILES string of the molecule is CCC1CN(c2cc(C(=N)N)c3ccccc3n2)CCO1. The molecule has 1 unspecified atom stereocenters. The lowest BCUT2D eigenvalue weighted by atomic mass is 10.1. The molecule has 0 radical (unpaired) electrons. The number of ether oxygens (including phenoxy) is 1. The molecule has 5 heteroatoms. The second-order valence-electron chi connectivity index (χ2n) is 5.31. The lowest BCUT2D eigenvalue weighted by Crippen LogP contribution is -2.42. The fraction of sp³-hybridized carbons (Fsp3) is 0.375. The van der Waals surface area contributed by atoms with Crippen LogP contribution in [0.4, 0.5) is 5.82 Å². The molecule has 0 saturated carbocycles. The normalized spacial score (nSPS) is 18.9. The van der Waals surface area contributed by atoms with Gasteiger partial charge in [0.25, 0.3) is 0 Å². The fourth-order valence-electron chi connectivity index (χ4n) is 2.72. The Labute approximate surface area is 124 Å². The van der Waals surface area contributed by atoms with E-state index in [9.17, 15) is 0 Å². The number of pyridine rings is 1. The van der Waals surface area contributed by atoms with Crippen LogP contribution in [0.15, 0.2) is 30.3 Å². The van der Waals surface area contributed by atoms with Gasteiger partial charge >= 0.3 is 0 Å². The van der Waals surface area contributed by atoms with Crippen LogP contribution >= 0.6 is 0 Å². The van der Waals surface area contributed by atoms with Gasteiger partial charge in [0.15, 0.2) is 0 Å². The van der Waals surface area contributed by atoms with Gasteiger partial charge in [-0.3, -0.25) is 5.41 Å². The maximum absolute atomic E-state index is 7.81. The highest BCUT2D eigenvalue weighted by molar-refractivity contribution is 6.07. The average molecular weight is 284 g/mol. The average Bonchev–Trinajstić information content (AvgIpc) is 2.53. The molecule has 3 N–H and O–H groups in total. The smallest absolute Gasteiger partial charge is 0.130 e. The maximum Gasteiger partial charge on any atom is 0.130 e. The number of benzene rings is 1. The van der Waals surface area contributed by atoms with E-state index in [1.165, 1.54) is 0 Å². The third-order valence-electron chi connectivity index (χ3n) is 3.91. The molecule has 1 aromatic carbocycles. The molecule has 0 spiro atoms. The Morgan fingerprint density at radius 3 is 3.05 bits per heavy atom. The van der Waals surface area contributed by atoms with Gasteiger partial charge in [-0.25, -0.2) is 4.98 Å². The highest BCUT2D eigenvalue weighted by Gasteiger charge is 2.21. The number of rotatable bonds is 3. The summed E-state index contributed by atoms with van der Waals surface area (Å²) in [7, 11) is 0. The summed E-state index contributed by atoms with van der Waals surface area (Å²) in [6.45, 7) is 4.49. The highest BCUT2D eigenvalue weighted by atomic mass is 16.5. The molecule has 110 valence electrons. The standard InChI is InChI=1S/C16H20N4O/c1-2-11-10-20(7-8-21-11)15-9-13(16(17)18)12-5-3-4-6-14(12)19-15/h3-6,9,11H,2,7-8,10H2,1H3,(H3,17,18). The summed E-state index contributed by atoms with van der Waals surface area (Å²) in [6, 6.07) is 9.73. The van der Waals surface area contributed by atoms with Crippen LogP contribution in [0, 0.1) is 5.41 Å². The largest absolute Gasteiger partial charge is 0.384 e. The lowest BCUT2D eigenvalue weighted by molar-refractivity contribution is 0.0382. The second kappa shape index (κ2) is 5.69. The van der Waals surface area contributed by atoms with E-state index in [0.29, 0.717) is 6.61 Å². The molecule has 21 heavy (non-hydrogen) atoms. The number of morpholine rings is 1. The van der Waals surface area contributed by atoms with Crippen LogP contribution < -0.4 is 10.6 Å². The summed E-state index contributed by atoms with van der Waals surface area (Å²) in [4.78, 5) is 6.95. The molecule has 2 aromatic rings. The Bertz CT molecular complexity index is 670. The predicted octanol–water partition coefficient (Wildman–Crippen LogP) is 2.13. The lowest BCUT2D eigenvalue weighted by Gasteiger charge is -2.33. The fourth-order valence-corrected chi connectivity index (χ4v) is 2.72. The molecule has 5 nitrogen and oxygen atoms in total. The Balaban J connectivity index is 2.04. The quantitative estimate of drug-likeness (QED) is 0.669. The van der Waals surface area contributed by atoms with Crippen molar-refractivity contribution >= 4 is 22.6 Å². The van der Waals surface area contributed by atoms with E-state index in [4.69, 9.17) is 20.9 Å². The first-order valence-corrected chi connectivity index (χ1v) is 7.29. The minimum absolute atomic E-state index is 0.0788. The van der Waals surface area contributed by atoms with E-state index in [0.717, 1.165) is 41.8 Å². The van der Waals surface area contributed by atoms with Crippen molar-refractivity contribution in [1.82, 2.24) is 4.98 Å². The van der Waals surface area contributed by atoms with Crippen molar-refractivity contribution < 1.29 is 4.74 Å². The van der Waals surface area contributed by atoms with E-state index >= 15 is 0 Å². The molecular formula is C16H20N4O. The molecule has 2 heterocycles. The summed E-state index contributed by atoms with van der Waals surface area (Å²) in [5.74, 6) is 0.954. The van der Waals surface area contributed by atoms with Crippen LogP contribution in [-0.4, -0.2) is 36.6 Å². The first-order valence-electron chi connectivity index (χ1n) is 7.29. The summed E-state index contributed by atoms with van der Waals surface area (Å²) < 4.78 is 5.71. The molecule has 0 bridgehead atoms. The van der Waals surface area contributed by atoms with Crippen LogP contribution in [0.2, 0.25) is 0 Å². The van der Waals surface area contributed by atoms with Gasteiger partial charge in [0.2, 0.25) is 0 Å². The Kier molecular flexibility index (Phi) is 3.75. The molecule has 1 aromatic heterocycles. The molecule has 1 fully saturated rings. The zero-order chi connectivity index (χ0) is 14.8. The van der Waals surface area contributed by atoms with Gasteiger partial charge in [0.1, 0.15) is 11.7 Å². The Hall–Kier alpha value is -2.14. The van der Waals surface area contributed by atoms with Crippen molar-refractivity contribution in [3.8, 4) is 0 Å². The van der Waals surface area contributed by atoms with Crippen LogP contribution in [-0.2, 0) is 4.74 Å². The van der Waals surface area contributed by atoms with Gasteiger partial charge < -0.3 is 15.4 Å². The molecule has 3 rings (SSSR count). The number of nitrogens with two attached hydrogens (primary N) is 1. The number of hydrogen-bond acceptors (Lipinski definition) is 4. The highest BCUT2D eigenvalue weighted by Crippen LogP contribution is 2.24. The second-order valence-corrected chi connectivity index (χ2v) is 5.31. The van der Waals surface area contributed by atoms with Crippen LogP contribution in [0.1, 0.15) is 18.9 Å². The zero-order valence-electron chi connectivity index (χ0n) is 12.2. The third-order valence-corrected chi connectivity index (χ3v) is 3.91. The van der Waals surface area contributed by atoms with Crippen molar-refractivity contribution in [3.05, 3.63) is 35.9 Å². The molecule has 1 aliphatic rings. The van der Waals surface area contributed by atoms with E-state index in [1.807, 2.05) is 30.3 Å². The van der Waals surface area contributed by atoms with Crippen molar-refractivity contribution in [2.45, 2.75) is 19.4 Å². The number of hydrogen-bond donors (Lipinski definition) is 2. The number of nitrogen functional groups attached to an aromatic ring is 1. The van der Waals surface area contributed by atoms with Gasteiger partial charge in [-0.05, 0) is 18.6 Å². The number of nitrogens with one attached hydrogen (secondary N) is 1. The number of nitrogens with zero attached hydrogens (tertiary/aromatic N) is 2. The molecule has 1 aliphatic heterocycles. The van der Waals surface area contributed by atoms with Crippen molar-refractivity contribution in [2.75, 3.05) is 24.6 Å². The first-order chi connectivity index (χ1) is 10.2. The van der Waals surface area contributed by atoms with Crippen molar-refractivity contribution in [2.24, 2.45) is 5.73 Å². The van der Waals surface area contributed by atoms with Crippen molar-refractivity contribution in [3.63, 3.8) is 0 Å². The minimum Gasteiger partial charge on any atom is -0.384 e. The summed E-state index contributed by atoms with van der Waals surface area (Å²) >= 11 is 0. The third kappa shape index (κ3) is 2.69. The predicted molar refractivity (Wildman–Crippen MR) is 85.0 cm³/mol. The molecular weight excluding hydrogens is 264 g/mol. The summed E-state index contributed by atoms with van der Waals surface area (Å²) in [5.41, 5.74) is 7.36. The van der Waals surface area contributed by atoms with Crippen LogP contribution in [0.5, 0.6) is 0 Å². The van der Waals surface area contributed by atoms with Gasteiger partial charge in [-0.15, -0.1) is 0 Å². The van der Waals surface area contributed by atoms with E-state index in [-0.39, 0.29) is 11.9 Å². The van der Waals surface area contributed by atoms with Crippen molar-refractivity contribution in [1.29, 1.82) is 5.41 Å². The van der Waals surface area contributed by atoms with Gasteiger partial charge in [0, 0.05) is 24.0 Å². The number of fused-ring (bicyclic) bond motifs is 1. The minimum atomic E-state index is 0.0788. The topological polar surface area (TPSA) is 75.2 Å². The summed E-state index contributed by atoms with van der Waals surface area (Å²) in [6.07, 6.45) is 1.23. The molecule has 0 amide bonds. The Morgan fingerprint density at radius 1 is 1.48 bits per heavy atom. The molecule has 1 atom stereocenters. The zero-order valence-corrected chi connectivity index (χ0v) is 12.2. The number of amidine groups is 1. The van der Waals surface area contributed by atoms with E-state index in [2.05, 4.69) is 11.8 Å². The van der Waals surface area contributed by atoms with Gasteiger partial charge in [-0.1, -0.05) is 25.1 Å². The van der Waals surface area contributed by atoms with Gasteiger partial charge in [0.05, 0.1) is 18.2 Å². The van der Waals surface area contributed by atoms with Crippen LogP contribution in [0.3, 0.4) is 0 Å². The maximum atomic E-state index is 7.81. The Morgan fingerprint density at radius 2 is 2.29 bits per heavy atom. The summed E-state index contributed by atoms with van der Waals surface area (Å²) in [5, 5.41) is 8.74. The number of anilines is 1. The monoisotopic (exact) mass is 284 g/mol. The van der Waals surface area contributed by atoms with E-state index in [1.54, 1.807) is 0 Å².